The molecule has 5 aromatic rings. The average molecular weight is 958 g/mol. The zero-order chi connectivity index (χ0) is 45.6. The predicted molar refractivity (Wildman–Crippen MR) is 266 cm³/mol. The molecule has 1 heterocycles. The number of carbonyl (C=O) groups excluding carboxylic acids is 2. The Bertz CT molecular complexity index is 2560. The Labute approximate surface area is 393 Å². The number of thiocarbonyl (C=S) groups is 1. The van der Waals surface area contributed by atoms with Gasteiger partial charge in [0.25, 0.3) is 21.6 Å². The number of anilines is 2. The van der Waals surface area contributed by atoms with Gasteiger partial charge in [-0.3, -0.25) is 24.6 Å². The summed E-state index contributed by atoms with van der Waals surface area (Å²) in [6, 6.07) is 36.4. The highest BCUT2D eigenvalue weighted by Gasteiger charge is 2.28. The molecule has 12 nitrogen and oxygen atoms in total. The second-order valence-electron chi connectivity index (χ2n) is 15.4. The molecular formula is C47H49ClN6O6S4. The summed E-state index contributed by atoms with van der Waals surface area (Å²) in [4.78, 5) is 42.7. The second-order valence-corrected chi connectivity index (χ2v) is 20.4. The standard InChI is InChI=1S/C47H49ClN6O6S4/c1-33(2)28-44(46(56)51-64(59,60)41-20-21-43(45(30-41)54(57)58)49-22-27-62-39-9-4-3-5-10-39)50-47(61)63-40(32-55)29-34-12-18-38(19-13-34)53-25-23-52(24-26-53)31-36-8-6-7-11-42(36)35-14-16-37(48)17-15-35/h3-21,29-30,32-33,44,49H,22-28,31H2,1-2H3,(H,50,61)(H,51,56)/b40-29-/t44-/m0/s1. The minimum absolute atomic E-state index is 0.0512. The van der Waals surface area contributed by atoms with Gasteiger partial charge in [0.2, 0.25) is 0 Å². The number of amides is 1. The van der Waals surface area contributed by atoms with Crippen LogP contribution < -0.4 is 20.3 Å². The molecule has 0 radical (unpaired) electrons. The van der Waals surface area contributed by atoms with Crippen LogP contribution in [-0.2, 0) is 26.2 Å². The number of carbonyl (C=O) groups is 2. The van der Waals surface area contributed by atoms with Gasteiger partial charge in [0, 0.05) is 66.7 Å². The van der Waals surface area contributed by atoms with Crippen LogP contribution in [0.4, 0.5) is 17.1 Å². The van der Waals surface area contributed by atoms with Crippen molar-refractivity contribution in [2.75, 3.05) is 48.7 Å². The largest absolute Gasteiger partial charge is 0.379 e. The molecule has 334 valence electrons. The van der Waals surface area contributed by atoms with Crippen LogP contribution in [0.1, 0.15) is 31.4 Å². The number of sulfonamides is 1. The summed E-state index contributed by atoms with van der Waals surface area (Å²) in [5, 5.41) is 18.6. The Hall–Kier alpha value is -5.23. The molecule has 17 heteroatoms. The molecule has 5 aromatic carbocycles. The molecule has 3 N–H and O–H groups in total. The predicted octanol–water partition coefficient (Wildman–Crippen LogP) is 9.51. The van der Waals surface area contributed by atoms with Crippen molar-refractivity contribution in [3.63, 3.8) is 0 Å². The molecular weight excluding hydrogens is 908 g/mol. The molecule has 1 aliphatic rings. The van der Waals surface area contributed by atoms with Gasteiger partial charge in [0.05, 0.1) is 14.7 Å². The highest BCUT2D eigenvalue weighted by atomic mass is 35.5. The highest BCUT2D eigenvalue weighted by molar-refractivity contribution is 8.26. The van der Waals surface area contributed by atoms with Gasteiger partial charge < -0.3 is 15.5 Å². The van der Waals surface area contributed by atoms with Gasteiger partial charge in [-0.05, 0) is 89.2 Å². The van der Waals surface area contributed by atoms with Crippen LogP contribution in [0.15, 0.2) is 136 Å². The topological polar surface area (TPSA) is 154 Å². The molecule has 0 saturated carbocycles. The summed E-state index contributed by atoms with van der Waals surface area (Å²) < 4.78 is 29.0. The Morgan fingerprint density at radius 3 is 2.28 bits per heavy atom. The lowest BCUT2D eigenvalue weighted by molar-refractivity contribution is -0.384. The van der Waals surface area contributed by atoms with Crippen LogP contribution in [0.25, 0.3) is 17.2 Å². The summed E-state index contributed by atoms with van der Waals surface area (Å²) in [7, 11) is -4.52. The number of hydrogen-bond acceptors (Lipinski definition) is 12. The normalized spacial score (nSPS) is 13.9. The van der Waals surface area contributed by atoms with Crippen LogP contribution in [0.2, 0.25) is 5.02 Å². The maximum atomic E-state index is 13.5. The molecule has 64 heavy (non-hydrogen) atoms. The minimum Gasteiger partial charge on any atom is -0.379 e. The number of aldehydes is 1. The molecule has 0 aromatic heterocycles. The third kappa shape index (κ3) is 13.9. The fourth-order valence-corrected chi connectivity index (χ4v) is 10.1. The van der Waals surface area contributed by atoms with Gasteiger partial charge in [0.1, 0.15) is 16.0 Å². The van der Waals surface area contributed by atoms with Crippen LogP contribution >= 0.6 is 47.3 Å². The van der Waals surface area contributed by atoms with E-state index in [1.54, 1.807) is 17.8 Å². The SMILES string of the molecule is CC(C)C[C@H](NC(=S)S/C(C=O)=C\c1ccc(N2CCN(Cc3ccccc3-c3ccc(Cl)cc3)CC2)cc1)C(=O)NS(=O)(=O)c1ccc(NCCSc2ccccc2)c([N+](=O)[O-])c1. The van der Waals surface area contributed by atoms with Crippen molar-refractivity contribution in [1.29, 1.82) is 0 Å². The highest BCUT2D eigenvalue weighted by Crippen LogP contribution is 2.30. The average Bonchev–Trinajstić information content (AvgIpc) is 3.28. The van der Waals surface area contributed by atoms with Gasteiger partial charge in [0.15, 0.2) is 6.29 Å². The van der Waals surface area contributed by atoms with Crippen LogP contribution in [0, 0.1) is 16.0 Å². The van der Waals surface area contributed by atoms with E-state index in [0.717, 1.165) is 72.3 Å². The first-order chi connectivity index (χ1) is 30.8. The molecule has 0 aliphatic carbocycles. The third-order valence-corrected chi connectivity index (χ3v) is 14.0. The second kappa shape index (κ2) is 23.1. The number of halogens is 1. The summed E-state index contributed by atoms with van der Waals surface area (Å²) in [5.41, 5.74) is 5.17. The van der Waals surface area contributed by atoms with Crippen molar-refractivity contribution in [2.45, 2.75) is 42.6 Å². The van der Waals surface area contributed by atoms with Gasteiger partial charge in [-0.1, -0.05) is 116 Å². The Kier molecular flexibility index (Phi) is 17.4. The van der Waals surface area contributed by atoms with Gasteiger partial charge in [-0.15, -0.1) is 11.8 Å². The van der Waals surface area contributed by atoms with E-state index in [2.05, 4.69) is 61.6 Å². The van der Waals surface area contributed by atoms with E-state index in [1.807, 2.05) is 80.6 Å². The molecule has 1 aliphatic heterocycles. The molecule has 1 saturated heterocycles. The number of rotatable bonds is 19. The first-order valence-electron chi connectivity index (χ1n) is 20.6. The van der Waals surface area contributed by atoms with Crippen LogP contribution in [0.3, 0.4) is 0 Å². The van der Waals surface area contributed by atoms with E-state index in [4.69, 9.17) is 23.8 Å². The third-order valence-electron chi connectivity index (χ3n) is 10.3. The molecule has 6 rings (SSSR count). The van der Waals surface area contributed by atoms with Crippen LogP contribution in [-0.4, -0.2) is 79.3 Å². The van der Waals surface area contributed by atoms with E-state index in [1.165, 1.54) is 23.3 Å². The van der Waals surface area contributed by atoms with E-state index in [0.29, 0.717) is 23.6 Å². The quantitative estimate of drug-likeness (QED) is 0.0137. The molecule has 1 atom stereocenters. The van der Waals surface area contributed by atoms with E-state index in [-0.39, 0.29) is 27.3 Å². The summed E-state index contributed by atoms with van der Waals surface area (Å²) >= 11 is 14.2. The smallest absolute Gasteiger partial charge is 0.293 e. The molecule has 1 amide bonds. The van der Waals surface area contributed by atoms with Crippen molar-refractivity contribution in [3.05, 3.63) is 152 Å². The number of hydrogen-bond donors (Lipinski definition) is 3. The zero-order valence-electron chi connectivity index (χ0n) is 35.3. The molecule has 0 spiro atoms. The fraction of sp³-hybridized carbons (Fsp3) is 0.255. The number of nitrogens with zero attached hydrogens (tertiary/aromatic N) is 3. The first kappa shape index (κ1) is 48.2. The monoisotopic (exact) mass is 956 g/mol. The van der Waals surface area contributed by atoms with Crippen molar-refractivity contribution in [3.8, 4) is 11.1 Å². The minimum atomic E-state index is -4.52. The van der Waals surface area contributed by atoms with Crippen molar-refractivity contribution >= 4 is 97.0 Å². The number of nitro groups is 1. The van der Waals surface area contributed by atoms with E-state index in [9.17, 15) is 28.1 Å². The Morgan fingerprint density at radius 2 is 1.61 bits per heavy atom. The number of allylic oxidation sites excluding steroid dienone is 1. The van der Waals surface area contributed by atoms with Crippen molar-refractivity contribution < 1.29 is 22.9 Å². The maximum Gasteiger partial charge on any atom is 0.293 e. The summed E-state index contributed by atoms with van der Waals surface area (Å²) in [6.07, 6.45) is 2.58. The van der Waals surface area contributed by atoms with Crippen molar-refractivity contribution in [1.82, 2.24) is 14.9 Å². The zero-order valence-corrected chi connectivity index (χ0v) is 39.3. The van der Waals surface area contributed by atoms with Crippen molar-refractivity contribution in [2.24, 2.45) is 5.92 Å². The van der Waals surface area contributed by atoms with Gasteiger partial charge in [-0.25, -0.2) is 13.1 Å². The number of nitro benzene ring substituents is 1. The number of piperazine rings is 1. The fourth-order valence-electron chi connectivity index (χ4n) is 7.10. The number of nitrogens with one attached hydrogen (secondary N) is 3. The van der Waals surface area contributed by atoms with Gasteiger partial charge in [-0.2, -0.15) is 0 Å². The Morgan fingerprint density at radius 1 is 0.922 bits per heavy atom. The lowest BCUT2D eigenvalue weighted by Gasteiger charge is -2.36. The summed E-state index contributed by atoms with van der Waals surface area (Å²) in [5.74, 6) is -0.331. The number of benzene rings is 5. The lowest BCUT2D eigenvalue weighted by Crippen LogP contribution is -2.48. The number of thioether (sulfide) groups is 2. The molecule has 1 fully saturated rings. The summed E-state index contributed by atoms with van der Waals surface area (Å²) in [6.45, 7) is 8.48. The van der Waals surface area contributed by atoms with E-state index >= 15 is 0 Å². The maximum absolute atomic E-state index is 13.5. The molecule has 0 bridgehead atoms. The van der Waals surface area contributed by atoms with Gasteiger partial charge >= 0.3 is 0 Å². The van der Waals surface area contributed by atoms with Crippen LogP contribution in [0.5, 0.6) is 0 Å². The van der Waals surface area contributed by atoms with E-state index < -0.39 is 37.5 Å². The first-order valence-corrected chi connectivity index (χ1v) is 24.7. The molecule has 0 unspecified atom stereocenters. The Balaban J connectivity index is 1.02. The lowest BCUT2D eigenvalue weighted by atomic mass is 9.99.